The number of aryl methyl sites for hydroxylation is 2. The summed E-state index contributed by atoms with van der Waals surface area (Å²) in [6.45, 7) is 3.63. The third kappa shape index (κ3) is 2.57. The number of benzene rings is 1. The summed E-state index contributed by atoms with van der Waals surface area (Å²) in [7, 11) is 3.22. The van der Waals surface area contributed by atoms with Crippen LogP contribution < -0.4 is 14.9 Å². The SMILES string of the molecule is COc1ccc(-c2cc(OC)c3c(C)oc(C)c3c(=O)c2)cc1. The first-order valence-electron chi connectivity index (χ1n) is 7.31. The van der Waals surface area contributed by atoms with Gasteiger partial charge in [0, 0.05) is 0 Å². The molecule has 0 atom stereocenters. The number of ether oxygens (including phenoxy) is 2. The quantitative estimate of drug-likeness (QED) is 0.731. The molecule has 4 nitrogen and oxygen atoms in total. The van der Waals surface area contributed by atoms with Gasteiger partial charge in [0.05, 0.1) is 25.0 Å². The predicted octanol–water partition coefficient (Wildman–Crippen LogP) is 4.09. The van der Waals surface area contributed by atoms with Gasteiger partial charge in [0.15, 0.2) is 5.43 Å². The van der Waals surface area contributed by atoms with Crippen LogP contribution >= 0.6 is 0 Å². The molecule has 1 aromatic heterocycles. The molecule has 0 aliphatic heterocycles. The number of hydrogen-bond acceptors (Lipinski definition) is 4. The normalized spacial score (nSPS) is 10.8. The Hall–Kier alpha value is -2.75. The largest absolute Gasteiger partial charge is 0.497 e. The molecule has 3 rings (SSSR count). The summed E-state index contributed by atoms with van der Waals surface area (Å²) in [6, 6.07) is 11.1. The maximum absolute atomic E-state index is 12.7. The van der Waals surface area contributed by atoms with E-state index in [2.05, 4.69) is 0 Å². The van der Waals surface area contributed by atoms with Gasteiger partial charge >= 0.3 is 0 Å². The Bertz CT molecular complexity index is 921. The summed E-state index contributed by atoms with van der Waals surface area (Å²) in [6.07, 6.45) is 0. The molecule has 3 aromatic rings. The number of fused-ring (bicyclic) bond motifs is 1. The molecule has 0 saturated carbocycles. The van der Waals surface area contributed by atoms with Gasteiger partial charge in [0.1, 0.15) is 23.0 Å². The smallest absolute Gasteiger partial charge is 0.190 e. The highest BCUT2D eigenvalue weighted by Gasteiger charge is 2.15. The maximum Gasteiger partial charge on any atom is 0.190 e. The van der Waals surface area contributed by atoms with E-state index in [9.17, 15) is 4.79 Å². The third-order valence-electron chi connectivity index (χ3n) is 3.97. The van der Waals surface area contributed by atoms with E-state index in [1.807, 2.05) is 37.3 Å². The van der Waals surface area contributed by atoms with Crippen LogP contribution in [0.1, 0.15) is 11.5 Å². The minimum atomic E-state index is -0.0801. The van der Waals surface area contributed by atoms with Gasteiger partial charge in [-0.25, -0.2) is 0 Å². The van der Waals surface area contributed by atoms with Crippen LogP contribution in [0, 0.1) is 13.8 Å². The van der Waals surface area contributed by atoms with Gasteiger partial charge in [-0.1, -0.05) is 12.1 Å². The summed E-state index contributed by atoms with van der Waals surface area (Å²) >= 11 is 0. The van der Waals surface area contributed by atoms with E-state index in [0.29, 0.717) is 22.7 Å². The summed E-state index contributed by atoms with van der Waals surface area (Å²) in [5, 5.41) is 1.30. The van der Waals surface area contributed by atoms with Crippen LogP contribution in [0.2, 0.25) is 0 Å². The highest BCUT2D eigenvalue weighted by atomic mass is 16.5. The third-order valence-corrected chi connectivity index (χ3v) is 3.97. The Kier molecular flexibility index (Phi) is 3.82. The average Bonchev–Trinajstić information content (AvgIpc) is 2.76. The van der Waals surface area contributed by atoms with Gasteiger partial charge in [-0.2, -0.15) is 0 Å². The Morgan fingerprint density at radius 1 is 0.826 bits per heavy atom. The Labute approximate surface area is 134 Å². The number of hydrogen-bond donors (Lipinski definition) is 0. The Morgan fingerprint density at radius 3 is 2.09 bits per heavy atom. The molecule has 23 heavy (non-hydrogen) atoms. The molecule has 118 valence electrons. The van der Waals surface area contributed by atoms with Gasteiger partial charge < -0.3 is 13.9 Å². The second-order valence-electron chi connectivity index (χ2n) is 5.37. The minimum absolute atomic E-state index is 0.0801. The molecule has 0 spiro atoms. The van der Waals surface area contributed by atoms with Crippen LogP contribution in [0.4, 0.5) is 0 Å². The Morgan fingerprint density at radius 2 is 1.48 bits per heavy atom. The topological polar surface area (TPSA) is 48.7 Å². The molecule has 1 heterocycles. The Balaban J connectivity index is 2.33. The number of methoxy groups -OCH3 is 2. The molecular weight excluding hydrogens is 292 g/mol. The summed E-state index contributed by atoms with van der Waals surface area (Å²) < 4.78 is 16.3. The van der Waals surface area contributed by atoms with E-state index >= 15 is 0 Å². The number of furan rings is 1. The van der Waals surface area contributed by atoms with E-state index < -0.39 is 0 Å². The van der Waals surface area contributed by atoms with Gasteiger partial charge in [-0.3, -0.25) is 4.79 Å². The molecule has 0 aliphatic rings. The number of rotatable bonds is 3. The van der Waals surface area contributed by atoms with Crippen LogP contribution in [-0.4, -0.2) is 14.2 Å². The van der Waals surface area contributed by atoms with Gasteiger partial charge in [-0.05, 0) is 49.2 Å². The molecular formula is C19H18O4. The van der Waals surface area contributed by atoms with Crippen molar-refractivity contribution in [3.8, 4) is 22.6 Å². The van der Waals surface area contributed by atoms with Crippen LogP contribution in [-0.2, 0) is 0 Å². The molecule has 0 unspecified atom stereocenters. The molecule has 0 amide bonds. The molecule has 2 aromatic carbocycles. The molecule has 0 bridgehead atoms. The first-order valence-corrected chi connectivity index (χ1v) is 7.31. The highest BCUT2D eigenvalue weighted by Crippen LogP contribution is 2.33. The van der Waals surface area contributed by atoms with Crippen LogP contribution in [0.15, 0.2) is 45.6 Å². The van der Waals surface area contributed by atoms with Crippen molar-refractivity contribution in [1.29, 1.82) is 0 Å². The van der Waals surface area contributed by atoms with Crippen molar-refractivity contribution in [2.75, 3.05) is 14.2 Å². The predicted molar refractivity (Wildman–Crippen MR) is 90.5 cm³/mol. The lowest BCUT2D eigenvalue weighted by Crippen LogP contribution is -1.96. The van der Waals surface area contributed by atoms with Crippen molar-refractivity contribution in [1.82, 2.24) is 0 Å². The summed E-state index contributed by atoms with van der Waals surface area (Å²) in [5.41, 5.74) is 1.64. The lowest BCUT2D eigenvalue weighted by molar-refractivity contribution is 0.415. The van der Waals surface area contributed by atoms with Crippen LogP contribution in [0.5, 0.6) is 11.5 Å². The van der Waals surface area contributed by atoms with E-state index in [-0.39, 0.29) is 5.43 Å². The minimum Gasteiger partial charge on any atom is -0.497 e. The highest BCUT2D eigenvalue weighted by molar-refractivity contribution is 5.92. The molecule has 0 saturated heterocycles. The zero-order chi connectivity index (χ0) is 16.6. The van der Waals surface area contributed by atoms with Crippen LogP contribution in [0.25, 0.3) is 21.9 Å². The van der Waals surface area contributed by atoms with E-state index in [1.165, 1.54) is 0 Å². The van der Waals surface area contributed by atoms with E-state index in [1.54, 1.807) is 27.2 Å². The lowest BCUT2D eigenvalue weighted by Gasteiger charge is -2.03. The van der Waals surface area contributed by atoms with Crippen molar-refractivity contribution in [2.24, 2.45) is 0 Å². The zero-order valence-electron chi connectivity index (χ0n) is 13.6. The molecule has 4 heteroatoms. The maximum atomic E-state index is 12.7. The standard InChI is InChI=1S/C19H18O4/c1-11-18-16(20)9-14(13-5-7-15(21-3)8-6-13)10-17(22-4)19(18)12(2)23-11/h5-10H,1-4H3. The lowest BCUT2D eigenvalue weighted by atomic mass is 10.1. The first kappa shape index (κ1) is 15.2. The van der Waals surface area contributed by atoms with E-state index in [0.717, 1.165) is 22.3 Å². The monoisotopic (exact) mass is 310 g/mol. The average molecular weight is 310 g/mol. The van der Waals surface area contributed by atoms with Crippen molar-refractivity contribution < 1.29 is 13.9 Å². The molecule has 0 aliphatic carbocycles. The zero-order valence-corrected chi connectivity index (χ0v) is 13.6. The van der Waals surface area contributed by atoms with Crippen molar-refractivity contribution in [2.45, 2.75) is 13.8 Å². The molecule has 0 N–H and O–H groups in total. The van der Waals surface area contributed by atoms with Crippen molar-refractivity contribution in [3.05, 3.63) is 58.1 Å². The van der Waals surface area contributed by atoms with Gasteiger partial charge in [-0.15, -0.1) is 0 Å². The fourth-order valence-corrected chi connectivity index (χ4v) is 2.86. The van der Waals surface area contributed by atoms with Gasteiger partial charge in [0.2, 0.25) is 0 Å². The van der Waals surface area contributed by atoms with Crippen LogP contribution in [0.3, 0.4) is 0 Å². The van der Waals surface area contributed by atoms with E-state index in [4.69, 9.17) is 13.9 Å². The second kappa shape index (κ2) is 5.80. The second-order valence-corrected chi connectivity index (χ2v) is 5.37. The summed E-state index contributed by atoms with van der Waals surface area (Å²) in [4.78, 5) is 12.7. The fourth-order valence-electron chi connectivity index (χ4n) is 2.86. The first-order chi connectivity index (χ1) is 11.0. The van der Waals surface area contributed by atoms with Gasteiger partial charge in [0.25, 0.3) is 0 Å². The van der Waals surface area contributed by atoms with Crippen molar-refractivity contribution >= 4 is 10.8 Å². The molecule has 0 fully saturated rings. The fraction of sp³-hybridized carbons (Fsp3) is 0.211. The summed E-state index contributed by atoms with van der Waals surface area (Å²) in [5.74, 6) is 2.69. The molecule has 0 radical (unpaired) electrons. The van der Waals surface area contributed by atoms with Crippen molar-refractivity contribution in [3.63, 3.8) is 0 Å².